The van der Waals surface area contributed by atoms with Crippen molar-refractivity contribution in [1.29, 1.82) is 0 Å². The van der Waals surface area contributed by atoms with Crippen LogP contribution < -0.4 is 0 Å². The lowest BCUT2D eigenvalue weighted by molar-refractivity contribution is 1.54. The fraction of sp³-hybridized carbons (Fsp3) is 0.0213. The summed E-state index contributed by atoms with van der Waals surface area (Å²) in [6, 6.07) is 56.1. The SMILES string of the molecule is Cc1cccc2cc3c(-c4c5ccccc5c(Br)c5ccccc45)c4ccccc4c(-c4c5ccccc5c(Br)c5ccccc45)c3cc12. The van der Waals surface area contributed by atoms with Gasteiger partial charge in [-0.3, -0.25) is 0 Å². The molecule has 10 aromatic rings. The highest BCUT2D eigenvalue weighted by molar-refractivity contribution is 9.11. The zero-order valence-electron chi connectivity index (χ0n) is 26.7. The summed E-state index contributed by atoms with van der Waals surface area (Å²) in [5.41, 5.74) is 6.40. The molecule has 0 aromatic heterocycles. The van der Waals surface area contributed by atoms with Gasteiger partial charge in [0.05, 0.1) is 0 Å². The average Bonchev–Trinajstić information content (AvgIpc) is 3.15. The second-order valence-corrected chi connectivity index (χ2v) is 14.6. The minimum atomic E-state index is 1.14. The van der Waals surface area contributed by atoms with Crippen molar-refractivity contribution in [3.05, 3.63) is 166 Å². The molecule has 0 saturated carbocycles. The van der Waals surface area contributed by atoms with Crippen LogP contribution in [0.4, 0.5) is 0 Å². The molecule has 0 amide bonds. The maximum absolute atomic E-state index is 4.02. The van der Waals surface area contributed by atoms with Gasteiger partial charge in [-0.25, -0.2) is 0 Å². The molecule has 0 radical (unpaired) electrons. The van der Waals surface area contributed by atoms with Gasteiger partial charge >= 0.3 is 0 Å². The summed E-state index contributed by atoms with van der Waals surface area (Å²) in [6.07, 6.45) is 0. The Labute approximate surface area is 300 Å². The third-order valence-electron chi connectivity index (χ3n) is 10.5. The van der Waals surface area contributed by atoms with Gasteiger partial charge in [0.15, 0.2) is 0 Å². The Balaban J connectivity index is 1.53. The normalized spacial score (nSPS) is 12.0. The lowest BCUT2D eigenvalue weighted by Gasteiger charge is -2.23. The van der Waals surface area contributed by atoms with Crippen molar-refractivity contribution >= 4 is 107 Å². The first-order valence-corrected chi connectivity index (χ1v) is 18.2. The van der Waals surface area contributed by atoms with Crippen LogP contribution in [0.25, 0.3) is 97.7 Å². The summed E-state index contributed by atoms with van der Waals surface area (Å²) in [5.74, 6) is 0. The monoisotopic (exact) mass is 750 g/mol. The van der Waals surface area contributed by atoms with Gasteiger partial charge in [0, 0.05) is 8.95 Å². The molecule has 0 fully saturated rings. The van der Waals surface area contributed by atoms with E-state index in [1.54, 1.807) is 0 Å². The topological polar surface area (TPSA) is 0 Å². The van der Waals surface area contributed by atoms with Crippen LogP contribution in [0, 0.1) is 6.92 Å². The van der Waals surface area contributed by atoms with E-state index in [1.807, 2.05) is 0 Å². The first-order chi connectivity index (χ1) is 24.1. The Morgan fingerprint density at radius 2 is 0.592 bits per heavy atom. The molecule has 10 aromatic carbocycles. The maximum atomic E-state index is 4.02. The Kier molecular flexibility index (Phi) is 6.50. The summed E-state index contributed by atoms with van der Waals surface area (Å²) in [4.78, 5) is 0. The number of fused-ring (bicyclic) bond motifs is 7. The number of benzene rings is 10. The van der Waals surface area contributed by atoms with Gasteiger partial charge < -0.3 is 0 Å². The predicted octanol–water partition coefficient (Wildman–Crippen LogP) is 14.9. The van der Waals surface area contributed by atoms with E-state index in [2.05, 4.69) is 190 Å². The third-order valence-corrected chi connectivity index (χ3v) is 12.2. The molecule has 49 heavy (non-hydrogen) atoms. The second kappa shape index (κ2) is 11.0. The van der Waals surface area contributed by atoms with Gasteiger partial charge in [-0.15, -0.1) is 0 Å². The van der Waals surface area contributed by atoms with E-state index in [4.69, 9.17) is 0 Å². The molecular weight excluding hydrogens is 724 g/mol. The van der Waals surface area contributed by atoms with Crippen LogP contribution in [-0.2, 0) is 0 Å². The van der Waals surface area contributed by atoms with Crippen molar-refractivity contribution in [2.45, 2.75) is 6.92 Å². The molecule has 0 aliphatic rings. The van der Waals surface area contributed by atoms with Crippen LogP contribution in [0.3, 0.4) is 0 Å². The highest BCUT2D eigenvalue weighted by Crippen LogP contribution is 2.52. The van der Waals surface area contributed by atoms with Crippen molar-refractivity contribution in [3.63, 3.8) is 0 Å². The number of hydrogen-bond donors (Lipinski definition) is 0. The molecule has 2 heteroatoms. The molecule has 0 aliphatic carbocycles. The largest absolute Gasteiger partial charge is 0.0616 e. The molecule has 0 nitrogen and oxygen atoms in total. The van der Waals surface area contributed by atoms with Gasteiger partial charge in [-0.1, -0.05) is 140 Å². The van der Waals surface area contributed by atoms with Crippen molar-refractivity contribution in [1.82, 2.24) is 0 Å². The van der Waals surface area contributed by atoms with E-state index in [9.17, 15) is 0 Å². The first kappa shape index (κ1) is 28.9. The molecule has 10 rings (SSSR count). The van der Waals surface area contributed by atoms with Crippen LogP contribution in [0.5, 0.6) is 0 Å². The van der Waals surface area contributed by atoms with Gasteiger partial charge in [0.2, 0.25) is 0 Å². The van der Waals surface area contributed by atoms with Crippen molar-refractivity contribution in [2.24, 2.45) is 0 Å². The number of hydrogen-bond acceptors (Lipinski definition) is 0. The van der Waals surface area contributed by atoms with Gasteiger partial charge in [0.25, 0.3) is 0 Å². The maximum Gasteiger partial charge on any atom is 0.0332 e. The quantitative estimate of drug-likeness (QED) is 0.154. The third kappa shape index (κ3) is 4.14. The molecular formula is C47H28Br2. The Hall–Kier alpha value is -5.02. The average molecular weight is 753 g/mol. The van der Waals surface area contributed by atoms with E-state index in [1.165, 1.54) is 103 Å². The highest BCUT2D eigenvalue weighted by atomic mass is 79.9. The van der Waals surface area contributed by atoms with Gasteiger partial charge in [-0.05, 0) is 154 Å². The Bertz CT molecular complexity index is 2910. The number of aryl methyl sites for hydroxylation is 1. The zero-order valence-corrected chi connectivity index (χ0v) is 29.9. The van der Waals surface area contributed by atoms with E-state index < -0.39 is 0 Å². The van der Waals surface area contributed by atoms with Crippen LogP contribution in [0.1, 0.15) is 5.56 Å². The lowest BCUT2D eigenvalue weighted by Crippen LogP contribution is -1.95. The molecule has 0 unspecified atom stereocenters. The highest BCUT2D eigenvalue weighted by Gasteiger charge is 2.24. The number of halogens is 2. The van der Waals surface area contributed by atoms with Crippen LogP contribution in [-0.4, -0.2) is 0 Å². The van der Waals surface area contributed by atoms with E-state index in [0.29, 0.717) is 0 Å². The zero-order chi connectivity index (χ0) is 32.8. The fourth-order valence-electron chi connectivity index (χ4n) is 8.33. The number of rotatable bonds is 2. The minimum absolute atomic E-state index is 1.14. The first-order valence-electron chi connectivity index (χ1n) is 16.7. The van der Waals surface area contributed by atoms with Crippen LogP contribution in [0.15, 0.2) is 161 Å². The van der Waals surface area contributed by atoms with Crippen molar-refractivity contribution < 1.29 is 0 Å². The summed E-state index contributed by atoms with van der Waals surface area (Å²) in [5, 5.41) is 17.5. The van der Waals surface area contributed by atoms with Crippen LogP contribution >= 0.6 is 31.9 Å². The molecule has 0 atom stereocenters. The minimum Gasteiger partial charge on any atom is -0.0616 e. The molecule has 0 aliphatic heterocycles. The summed E-state index contributed by atoms with van der Waals surface area (Å²) >= 11 is 8.04. The smallest absolute Gasteiger partial charge is 0.0332 e. The molecule has 230 valence electrons. The van der Waals surface area contributed by atoms with E-state index in [-0.39, 0.29) is 0 Å². The molecule has 0 spiro atoms. The fourth-order valence-corrected chi connectivity index (χ4v) is 9.72. The van der Waals surface area contributed by atoms with Crippen molar-refractivity contribution in [2.75, 3.05) is 0 Å². The predicted molar refractivity (Wildman–Crippen MR) is 220 cm³/mol. The Morgan fingerprint density at radius 3 is 0.980 bits per heavy atom. The van der Waals surface area contributed by atoms with E-state index >= 15 is 0 Å². The second-order valence-electron chi connectivity index (χ2n) is 13.0. The Morgan fingerprint density at radius 1 is 0.286 bits per heavy atom. The molecule has 0 heterocycles. The summed E-state index contributed by atoms with van der Waals surface area (Å²) in [6.45, 7) is 2.23. The van der Waals surface area contributed by atoms with Crippen LogP contribution in [0.2, 0.25) is 0 Å². The summed E-state index contributed by atoms with van der Waals surface area (Å²) in [7, 11) is 0. The van der Waals surface area contributed by atoms with Gasteiger partial charge in [0.1, 0.15) is 0 Å². The molecule has 0 N–H and O–H groups in total. The lowest BCUT2D eigenvalue weighted by atomic mass is 9.80. The summed E-state index contributed by atoms with van der Waals surface area (Å²) < 4.78 is 2.28. The molecule has 0 saturated heterocycles. The van der Waals surface area contributed by atoms with E-state index in [0.717, 1.165) is 8.95 Å². The standard InChI is InChI=1S/C47H28Br2/c1-27-13-12-14-28-25-40-41(26-39(27)28)45(43-33-19-6-10-23-37(33)47(49)38-24-11-7-20-34(38)43)30-16-3-2-15-29(30)44(40)42-31-17-4-8-21-35(31)46(48)36-22-9-5-18-32(36)42/h2-26H,1H3. The van der Waals surface area contributed by atoms with Crippen molar-refractivity contribution in [3.8, 4) is 22.3 Å². The van der Waals surface area contributed by atoms with Gasteiger partial charge in [-0.2, -0.15) is 0 Å². The molecule has 0 bridgehead atoms.